The number of aldehydes is 1. The van der Waals surface area contributed by atoms with Crippen LogP contribution in [0.5, 0.6) is 5.75 Å². The zero-order valence-corrected chi connectivity index (χ0v) is 21.5. The fourth-order valence-electron chi connectivity index (χ4n) is 3.88. The third-order valence-corrected chi connectivity index (χ3v) is 5.94. The van der Waals surface area contributed by atoms with E-state index in [9.17, 15) is 14.7 Å². The van der Waals surface area contributed by atoms with Gasteiger partial charge in [-0.3, -0.25) is 14.7 Å². The van der Waals surface area contributed by atoms with Crippen molar-refractivity contribution < 1.29 is 19.4 Å². The third-order valence-electron chi connectivity index (χ3n) is 5.94. The molecule has 1 unspecified atom stereocenters. The predicted molar refractivity (Wildman–Crippen MR) is 148 cm³/mol. The lowest BCUT2D eigenvalue weighted by molar-refractivity contribution is -0.126. The first-order valence-corrected chi connectivity index (χ1v) is 12.1. The van der Waals surface area contributed by atoms with Crippen molar-refractivity contribution in [3.05, 3.63) is 71.8 Å². The zero-order valence-electron chi connectivity index (χ0n) is 21.5. The number of likely N-dealkylation sites (N-methyl/N-ethyl adjacent to an activating group) is 2. The number of hydrogen-bond donors (Lipinski definition) is 3. The number of aliphatic hydroxyl groups is 1. The number of carbonyl (C=O) groups excluding carboxylic acids is 2. The van der Waals surface area contributed by atoms with Crippen LogP contribution in [0.1, 0.15) is 29.5 Å². The molecule has 1 amide bonds. The van der Waals surface area contributed by atoms with Crippen LogP contribution in [-0.2, 0) is 22.6 Å². The van der Waals surface area contributed by atoms with Gasteiger partial charge in [-0.1, -0.05) is 55.1 Å². The quantitative estimate of drug-likeness (QED) is 0.138. The van der Waals surface area contributed by atoms with Crippen LogP contribution in [0, 0.1) is 0 Å². The Morgan fingerprint density at radius 1 is 1.24 bits per heavy atom. The first-order valence-electron chi connectivity index (χ1n) is 12.1. The molecule has 2 aromatic carbocycles. The van der Waals surface area contributed by atoms with E-state index in [2.05, 4.69) is 22.0 Å². The van der Waals surface area contributed by atoms with E-state index in [0.29, 0.717) is 30.8 Å². The number of benzene rings is 2. The summed E-state index contributed by atoms with van der Waals surface area (Å²) in [6.07, 6.45) is 5.33. The SMILES string of the molecule is C=Cc1cccc(OCC(C=N[C@@H](CO)Cc2ccccc2)=NN)c1CN(C)C(CCC=O)C(=O)NC. The molecule has 0 saturated heterocycles. The maximum Gasteiger partial charge on any atom is 0.237 e. The van der Waals surface area contributed by atoms with Gasteiger partial charge in [0.2, 0.25) is 5.91 Å². The van der Waals surface area contributed by atoms with Crippen LogP contribution in [0.2, 0.25) is 0 Å². The van der Waals surface area contributed by atoms with E-state index in [1.54, 1.807) is 13.1 Å². The maximum absolute atomic E-state index is 12.4. The number of amides is 1. The summed E-state index contributed by atoms with van der Waals surface area (Å²) < 4.78 is 6.07. The summed E-state index contributed by atoms with van der Waals surface area (Å²) >= 11 is 0. The normalized spacial score (nSPS) is 13.4. The van der Waals surface area contributed by atoms with Crippen molar-refractivity contribution in [1.82, 2.24) is 10.2 Å². The predicted octanol–water partition coefficient (Wildman–Crippen LogP) is 2.22. The van der Waals surface area contributed by atoms with Crippen molar-refractivity contribution in [2.24, 2.45) is 15.9 Å². The highest BCUT2D eigenvalue weighted by atomic mass is 16.5. The number of aliphatic imine (C=N–C) groups is 1. The van der Waals surface area contributed by atoms with Crippen LogP contribution in [-0.4, -0.2) is 73.5 Å². The van der Waals surface area contributed by atoms with E-state index in [1.165, 1.54) is 6.21 Å². The van der Waals surface area contributed by atoms with Crippen LogP contribution in [0.3, 0.4) is 0 Å². The topological polar surface area (TPSA) is 130 Å². The van der Waals surface area contributed by atoms with Gasteiger partial charge >= 0.3 is 0 Å². The van der Waals surface area contributed by atoms with Crippen LogP contribution < -0.4 is 15.9 Å². The molecule has 0 aliphatic heterocycles. The van der Waals surface area contributed by atoms with Crippen LogP contribution in [0.25, 0.3) is 6.08 Å². The van der Waals surface area contributed by atoms with Crippen LogP contribution in [0.15, 0.2) is 65.2 Å². The number of nitrogens with two attached hydrogens (primary N) is 1. The van der Waals surface area contributed by atoms with Crippen molar-refractivity contribution in [3.63, 3.8) is 0 Å². The second kappa shape index (κ2) is 16.0. The lowest BCUT2D eigenvalue weighted by atomic mass is 10.0. The number of nitrogens with zero attached hydrogens (tertiary/aromatic N) is 3. The second-order valence-electron chi connectivity index (χ2n) is 8.53. The molecule has 2 aromatic rings. The average molecular weight is 508 g/mol. The van der Waals surface area contributed by atoms with E-state index < -0.39 is 6.04 Å². The molecular formula is C28H37N5O4. The van der Waals surface area contributed by atoms with Crippen molar-refractivity contribution >= 4 is 30.2 Å². The second-order valence-corrected chi connectivity index (χ2v) is 8.53. The molecule has 37 heavy (non-hydrogen) atoms. The molecule has 0 heterocycles. The summed E-state index contributed by atoms with van der Waals surface area (Å²) in [6.45, 7) is 4.24. The lowest BCUT2D eigenvalue weighted by Gasteiger charge is -2.27. The molecule has 0 aliphatic rings. The molecular weight excluding hydrogens is 470 g/mol. The zero-order chi connectivity index (χ0) is 27.0. The van der Waals surface area contributed by atoms with Gasteiger partial charge in [-0.15, -0.1) is 0 Å². The van der Waals surface area contributed by atoms with Gasteiger partial charge in [0.05, 0.1) is 18.7 Å². The Morgan fingerprint density at radius 3 is 2.62 bits per heavy atom. The largest absolute Gasteiger partial charge is 0.487 e. The van der Waals surface area contributed by atoms with Crippen molar-refractivity contribution in [1.29, 1.82) is 0 Å². The Labute approximate surface area is 218 Å². The number of hydrogen-bond acceptors (Lipinski definition) is 8. The lowest BCUT2D eigenvalue weighted by Crippen LogP contribution is -2.43. The average Bonchev–Trinajstić information content (AvgIpc) is 2.93. The Kier molecular flexibility index (Phi) is 12.7. The van der Waals surface area contributed by atoms with Crippen LogP contribution >= 0.6 is 0 Å². The fourth-order valence-corrected chi connectivity index (χ4v) is 3.88. The van der Waals surface area contributed by atoms with Gasteiger partial charge in [0.25, 0.3) is 0 Å². The molecule has 0 saturated carbocycles. The maximum atomic E-state index is 12.4. The molecule has 198 valence electrons. The van der Waals surface area contributed by atoms with Crippen molar-refractivity contribution in [2.45, 2.75) is 37.9 Å². The first-order chi connectivity index (χ1) is 18.0. The summed E-state index contributed by atoms with van der Waals surface area (Å²) in [4.78, 5) is 29.7. The number of ether oxygens (including phenoxy) is 1. The van der Waals surface area contributed by atoms with Gasteiger partial charge in [0.1, 0.15) is 24.4 Å². The number of hydrazone groups is 1. The highest BCUT2D eigenvalue weighted by Gasteiger charge is 2.23. The van der Waals surface area contributed by atoms with Gasteiger partial charge in [-0.2, -0.15) is 5.10 Å². The number of carbonyl (C=O) groups is 2. The highest BCUT2D eigenvalue weighted by Crippen LogP contribution is 2.26. The Morgan fingerprint density at radius 2 is 2.00 bits per heavy atom. The van der Waals surface area contributed by atoms with Gasteiger partial charge in [0, 0.05) is 31.8 Å². The molecule has 0 aromatic heterocycles. The number of nitrogens with one attached hydrogen (secondary N) is 1. The third kappa shape index (κ3) is 9.29. The standard InChI is InChI=1S/C28H37N5O4/c1-4-22-12-8-14-27(25(22)18-33(3)26(13-9-15-34)28(36)30-2)37-20-24(32-29)17-31-23(19-35)16-21-10-6-5-7-11-21/h4-8,10-12,14-15,17,23,26,35H,1,9,13,16,18-20,29H2,2-3H3,(H,30,36)/t23-,26?/m1/s1. The Balaban J connectivity index is 2.15. The molecule has 0 spiro atoms. The summed E-state index contributed by atoms with van der Waals surface area (Å²) in [6, 6.07) is 14.6. The minimum Gasteiger partial charge on any atom is -0.487 e. The molecule has 0 bridgehead atoms. The molecule has 2 rings (SSSR count). The Bertz CT molecular complexity index is 1070. The molecule has 9 nitrogen and oxygen atoms in total. The molecule has 2 atom stereocenters. The van der Waals surface area contributed by atoms with Crippen molar-refractivity contribution in [3.8, 4) is 5.75 Å². The molecule has 9 heteroatoms. The van der Waals surface area contributed by atoms with Crippen LogP contribution in [0.4, 0.5) is 0 Å². The van der Waals surface area contributed by atoms with E-state index in [4.69, 9.17) is 10.6 Å². The molecule has 0 radical (unpaired) electrons. The smallest absolute Gasteiger partial charge is 0.237 e. The Hall–Kier alpha value is -3.82. The van der Waals surface area contributed by atoms with Crippen molar-refractivity contribution in [2.75, 3.05) is 27.3 Å². The summed E-state index contributed by atoms with van der Waals surface area (Å²) in [5.41, 5.74) is 3.17. The molecule has 0 aliphatic carbocycles. The van der Waals surface area contributed by atoms with E-state index >= 15 is 0 Å². The van der Waals surface area contributed by atoms with Gasteiger partial charge in [-0.25, -0.2) is 0 Å². The highest BCUT2D eigenvalue weighted by molar-refractivity contribution is 6.31. The van der Waals surface area contributed by atoms with E-state index in [0.717, 1.165) is 23.0 Å². The van der Waals surface area contributed by atoms with Gasteiger partial charge in [-0.05, 0) is 37.1 Å². The summed E-state index contributed by atoms with van der Waals surface area (Å²) in [5, 5.41) is 16.2. The molecule has 0 fully saturated rings. The van der Waals surface area contributed by atoms with Gasteiger partial charge in [0.15, 0.2) is 0 Å². The first kappa shape index (κ1) is 29.4. The summed E-state index contributed by atoms with van der Waals surface area (Å²) in [7, 11) is 3.41. The minimum absolute atomic E-state index is 0.0603. The fraction of sp³-hybridized carbons (Fsp3) is 0.357. The number of aliphatic hydroxyl groups excluding tert-OH is 1. The van der Waals surface area contributed by atoms with E-state index in [-0.39, 0.29) is 31.6 Å². The molecule has 4 N–H and O–H groups in total. The van der Waals surface area contributed by atoms with Gasteiger partial charge < -0.3 is 25.8 Å². The monoisotopic (exact) mass is 507 g/mol. The summed E-state index contributed by atoms with van der Waals surface area (Å²) in [5.74, 6) is 6.01. The number of rotatable bonds is 16. The van der Waals surface area contributed by atoms with E-state index in [1.807, 2.05) is 60.5 Å². The minimum atomic E-state index is -0.478.